The van der Waals surface area contributed by atoms with Gasteiger partial charge in [-0.3, -0.25) is 4.79 Å². The molecule has 0 saturated heterocycles. The Balaban J connectivity index is 1.85. The molecule has 3 aromatic rings. The molecule has 0 aliphatic carbocycles. The molecule has 3 rings (SSSR count). The summed E-state index contributed by atoms with van der Waals surface area (Å²) in [6.07, 6.45) is 0. The van der Waals surface area contributed by atoms with Crippen LogP contribution in [0.4, 0.5) is 0 Å². The number of halogens is 2. The topological polar surface area (TPSA) is 34.0 Å². The standard InChI is InChI=1S/C18H16ClIN2O/c1-11-7-15(19)14-9-17(22(2)16(14)8-11)18(23)21-10-12-3-5-13(20)6-4-12/h3-9H,10H2,1-2H3,(H,21,23). The van der Waals surface area contributed by atoms with E-state index in [-0.39, 0.29) is 5.91 Å². The first kappa shape index (κ1) is 16.3. The lowest BCUT2D eigenvalue weighted by Crippen LogP contribution is -2.24. The van der Waals surface area contributed by atoms with Gasteiger partial charge in [-0.25, -0.2) is 0 Å². The van der Waals surface area contributed by atoms with E-state index < -0.39 is 0 Å². The molecule has 1 N–H and O–H groups in total. The van der Waals surface area contributed by atoms with Gasteiger partial charge in [-0.05, 0) is 71.0 Å². The molecule has 118 valence electrons. The minimum atomic E-state index is -0.101. The molecule has 1 aromatic heterocycles. The second-order valence-corrected chi connectivity index (χ2v) is 7.23. The van der Waals surface area contributed by atoms with Gasteiger partial charge < -0.3 is 9.88 Å². The predicted molar refractivity (Wildman–Crippen MR) is 103 cm³/mol. The van der Waals surface area contributed by atoms with Gasteiger partial charge in [0, 0.05) is 22.5 Å². The number of carbonyl (C=O) groups excluding carboxylic acids is 1. The van der Waals surface area contributed by atoms with E-state index >= 15 is 0 Å². The Morgan fingerprint density at radius 1 is 1.22 bits per heavy atom. The van der Waals surface area contributed by atoms with Crippen LogP contribution in [0.5, 0.6) is 0 Å². The average Bonchev–Trinajstić information content (AvgIpc) is 2.84. The molecule has 0 fully saturated rings. The van der Waals surface area contributed by atoms with Crippen LogP contribution in [0.15, 0.2) is 42.5 Å². The van der Waals surface area contributed by atoms with E-state index in [2.05, 4.69) is 27.9 Å². The molecule has 23 heavy (non-hydrogen) atoms. The molecule has 3 nitrogen and oxygen atoms in total. The smallest absolute Gasteiger partial charge is 0.268 e. The first-order valence-electron chi connectivity index (χ1n) is 7.24. The number of nitrogens with one attached hydrogen (secondary N) is 1. The third-order valence-corrected chi connectivity index (χ3v) is 4.89. The number of carbonyl (C=O) groups is 1. The molecule has 2 aromatic carbocycles. The molecule has 0 aliphatic heterocycles. The zero-order valence-corrected chi connectivity index (χ0v) is 15.8. The maximum absolute atomic E-state index is 12.5. The van der Waals surface area contributed by atoms with Crippen molar-refractivity contribution >= 4 is 51.0 Å². The molecule has 1 heterocycles. The number of nitrogens with zero attached hydrogens (tertiary/aromatic N) is 1. The van der Waals surface area contributed by atoms with Gasteiger partial charge in [-0.2, -0.15) is 0 Å². The van der Waals surface area contributed by atoms with Gasteiger partial charge >= 0.3 is 0 Å². The van der Waals surface area contributed by atoms with Gasteiger partial charge in [0.1, 0.15) is 5.69 Å². The van der Waals surface area contributed by atoms with Crippen LogP contribution in [0.25, 0.3) is 10.9 Å². The number of benzene rings is 2. The van der Waals surface area contributed by atoms with Gasteiger partial charge in [0.15, 0.2) is 0 Å². The summed E-state index contributed by atoms with van der Waals surface area (Å²) in [6.45, 7) is 2.50. The number of amides is 1. The van der Waals surface area contributed by atoms with Gasteiger partial charge in [-0.1, -0.05) is 23.7 Å². The van der Waals surface area contributed by atoms with E-state index in [1.165, 1.54) is 3.57 Å². The fourth-order valence-electron chi connectivity index (χ4n) is 2.61. The van der Waals surface area contributed by atoms with E-state index in [4.69, 9.17) is 11.6 Å². The molecule has 0 spiro atoms. The highest BCUT2D eigenvalue weighted by atomic mass is 127. The van der Waals surface area contributed by atoms with Gasteiger partial charge in [-0.15, -0.1) is 0 Å². The largest absolute Gasteiger partial charge is 0.347 e. The first-order valence-corrected chi connectivity index (χ1v) is 8.69. The second-order valence-electron chi connectivity index (χ2n) is 5.58. The van der Waals surface area contributed by atoms with Crippen molar-refractivity contribution in [3.8, 4) is 0 Å². The second kappa shape index (κ2) is 6.53. The van der Waals surface area contributed by atoms with Crippen LogP contribution in [0.3, 0.4) is 0 Å². The predicted octanol–water partition coefficient (Wildman–Crippen LogP) is 4.67. The quantitative estimate of drug-likeness (QED) is 0.592. The van der Waals surface area contributed by atoms with Crippen LogP contribution < -0.4 is 5.32 Å². The Bertz CT molecular complexity index is 884. The number of hydrogen-bond donors (Lipinski definition) is 1. The zero-order chi connectivity index (χ0) is 16.6. The van der Waals surface area contributed by atoms with E-state index in [9.17, 15) is 4.79 Å². The van der Waals surface area contributed by atoms with Crippen LogP contribution in [0.2, 0.25) is 5.02 Å². The Kier molecular flexibility index (Phi) is 4.64. The van der Waals surface area contributed by atoms with Gasteiger partial charge in [0.05, 0.1) is 10.5 Å². The van der Waals surface area contributed by atoms with Crippen molar-refractivity contribution in [3.63, 3.8) is 0 Å². The van der Waals surface area contributed by atoms with E-state index in [1.54, 1.807) is 0 Å². The number of rotatable bonds is 3. The summed E-state index contributed by atoms with van der Waals surface area (Å²) in [4.78, 5) is 12.5. The van der Waals surface area contributed by atoms with Crippen molar-refractivity contribution in [2.75, 3.05) is 0 Å². The minimum Gasteiger partial charge on any atom is -0.347 e. The van der Waals surface area contributed by atoms with Crippen molar-refractivity contribution in [3.05, 3.63) is 67.9 Å². The third kappa shape index (κ3) is 3.38. The van der Waals surface area contributed by atoms with Crippen molar-refractivity contribution < 1.29 is 4.79 Å². The van der Waals surface area contributed by atoms with E-state index in [1.807, 2.05) is 61.0 Å². The first-order chi connectivity index (χ1) is 11.0. The number of hydrogen-bond acceptors (Lipinski definition) is 1. The van der Waals surface area contributed by atoms with Gasteiger partial charge in [0.2, 0.25) is 0 Å². The van der Waals surface area contributed by atoms with Gasteiger partial charge in [0.25, 0.3) is 5.91 Å². The summed E-state index contributed by atoms with van der Waals surface area (Å²) >= 11 is 8.56. The Morgan fingerprint density at radius 3 is 2.61 bits per heavy atom. The fourth-order valence-corrected chi connectivity index (χ4v) is 3.29. The van der Waals surface area contributed by atoms with E-state index in [0.29, 0.717) is 17.3 Å². The summed E-state index contributed by atoms with van der Waals surface area (Å²) in [5.74, 6) is -0.101. The normalized spacial score (nSPS) is 11.0. The highest BCUT2D eigenvalue weighted by Gasteiger charge is 2.15. The van der Waals surface area contributed by atoms with E-state index in [0.717, 1.165) is 22.0 Å². The maximum Gasteiger partial charge on any atom is 0.268 e. The molecule has 0 saturated carbocycles. The lowest BCUT2D eigenvalue weighted by atomic mass is 10.2. The summed E-state index contributed by atoms with van der Waals surface area (Å²) in [6, 6.07) is 13.9. The monoisotopic (exact) mass is 438 g/mol. The zero-order valence-electron chi connectivity index (χ0n) is 12.9. The van der Waals surface area contributed by atoms with Crippen LogP contribution in [-0.4, -0.2) is 10.5 Å². The lowest BCUT2D eigenvalue weighted by molar-refractivity contribution is 0.0943. The summed E-state index contributed by atoms with van der Waals surface area (Å²) in [5.41, 5.74) is 3.73. The number of aryl methyl sites for hydroxylation is 2. The summed E-state index contributed by atoms with van der Waals surface area (Å²) in [5, 5.41) is 4.54. The number of fused-ring (bicyclic) bond motifs is 1. The Morgan fingerprint density at radius 2 is 1.91 bits per heavy atom. The molecule has 0 radical (unpaired) electrons. The van der Waals surface area contributed by atoms with Crippen LogP contribution in [0.1, 0.15) is 21.6 Å². The van der Waals surface area contributed by atoms with Crippen molar-refractivity contribution in [1.82, 2.24) is 9.88 Å². The highest BCUT2D eigenvalue weighted by molar-refractivity contribution is 14.1. The molecule has 5 heteroatoms. The van der Waals surface area contributed by atoms with Crippen LogP contribution in [-0.2, 0) is 13.6 Å². The summed E-state index contributed by atoms with van der Waals surface area (Å²) < 4.78 is 3.06. The van der Waals surface area contributed by atoms with Crippen LogP contribution in [0, 0.1) is 10.5 Å². The Hall–Kier alpha value is -1.53. The third-order valence-electron chi connectivity index (χ3n) is 3.85. The SMILES string of the molecule is Cc1cc(Cl)c2cc(C(=O)NCc3ccc(I)cc3)n(C)c2c1. The lowest BCUT2D eigenvalue weighted by Gasteiger charge is -2.07. The molecule has 0 atom stereocenters. The molecular formula is C18H16ClIN2O. The average molecular weight is 439 g/mol. The highest BCUT2D eigenvalue weighted by Crippen LogP contribution is 2.28. The van der Waals surface area contributed by atoms with Crippen molar-refractivity contribution in [2.24, 2.45) is 7.05 Å². The maximum atomic E-state index is 12.5. The number of aromatic nitrogens is 1. The molecular weight excluding hydrogens is 423 g/mol. The molecule has 0 aliphatic rings. The molecule has 1 amide bonds. The molecule has 0 bridgehead atoms. The Labute approximate surface area is 153 Å². The molecule has 0 unspecified atom stereocenters. The van der Waals surface area contributed by atoms with Crippen molar-refractivity contribution in [2.45, 2.75) is 13.5 Å². The van der Waals surface area contributed by atoms with Crippen LogP contribution >= 0.6 is 34.2 Å². The van der Waals surface area contributed by atoms with Crippen molar-refractivity contribution in [1.29, 1.82) is 0 Å². The minimum absolute atomic E-state index is 0.101. The summed E-state index contributed by atoms with van der Waals surface area (Å²) in [7, 11) is 1.89. The fraction of sp³-hybridized carbons (Fsp3) is 0.167.